The molecule has 1 saturated heterocycles. The first kappa shape index (κ1) is 17.1. The van der Waals surface area contributed by atoms with Gasteiger partial charge in [0.15, 0.2) is 5.16 Å². The lowest BCUT2D eigenvalue weighted by Crippen LogP contribution is -2.30. The summed E-state index contributed by atoms with van der Waals surface area (Å²) in [5.41, 5.74) is 6.59. The van der Waals surface area contributed by atoms with Crippen LogP contribution in [0.2, 0.25) is 0 Å². The number of hydrogen-bond acceptors (Lipinski definition) is 6. The molecule has 0 aromatic carbocycles. The number of amides is 1. The van der Waals surface area contributed by atoms with Gasteiger partial charge in [-0.2, -0.15) is 0 Å². The molecule has 1 aliphatic heterocycles. The minimum absolute atomic E-state index is 0.000861. The van der Waals surface area contributed by atoms with Gasteiger partial charge in [0.1, 0.15) is 4.83 Å². The van der Waals surface area contributed by atoms with E-state index >= 15 is 0 Å². The summed E-state index contributed by atoms with van der Waals surface area (Å²) in [6.07, 6.45) is 5.09. The molecule has 0 spiro atoms. The van der Waals surface area contributed by atoms with Crippen LogP contribution >= 0.6 is 23.1 Å². The van der Waals surface area contributed by atoms with Gasteiger partial charge < -0.3 is 10.5 Å². The van der Waals surface area contributed by atoms with Gasteiger partial charge in [0.2, 0.25) is 5.91 Å². The van der Waals surface area contributed by atoms with Crippen LogP contribution in [0.1, 0.15) is 36.6 Å². The van der Waals surface area contributed by atoms with Crippen LogP contribution in [0.3, 0.4) is 0 Å². The SMILES string of the molecule is C[C@H](Sc1nc2sc3c(c2c(=O)n1C[C@H]1CCCO1)CCC3)C(N)=O. The lowest BCUT2D eigenvalue weighted by atomic mass is 10.2. The fourth-order valence-corrected chi connectivity index (χ4v) is 5.69. The maximum absolute atomic E-state index is 13.3. The fourth-order valence-electron chi connectivity index (χ4n) is 3.52. The van der Waals surface area contributed by atoms with E-state index in [-0.39, 0.29) is 11.7 Å². The summed E-state index contributed by atoms with van der Waals surface area (Å²) in [6.45, 7) is 2.97. The number of carbonyl (C=O) groups excluding carboxylic acids is 1. The number of aryl methyl sites for hydroxylation is 2. The lowest BCUT2D eigenvalue weighted by molar-refractivity contribution is -0.117. The Morgan fingerprint density at radius 1 is 1.48 bits per heavy atom. The van der Waals surface area contributed by atoms with Crippen molar-refractivity contribution >= 4 is 39.2 Å². The molecular formula is C17H21N3O3S2. The number of primary amides is 1. The zero-order valence-electron chi connectivity index (χ0n) is 14.1. The summed E-state index contributed by atoms with van der Waals surface area (Å²) in [7, 11) is 0. The predicted octanol–water partition coefficient (Wildman–Crippen LogP) is 2.09. The molecule has 0 radical (unpaired) electrons. The molecule has 2 aromatic rings. The Hall–Kier alpha value is -1.38. The number of nitrogens with two attached hydrogens (primary N) is 1. The Morgan fingerprint density at radius 2 is 2.32 bits per heavy atom. The Balaban J connectivity index is 1.82. The van der Waals surface area contributed by atoms with Crippen LogP contribution in [0.4, 0.5) is 0 Å². The van der Waals surface area contributed by atoms with Crippen molar-refractivity contribution in [3.63, 3.8) is 0 Å². The summed E-state index contributed by atoms with van der Waals surface area (Å²) in [6, 6.07) is 0. The molecule has 134 valence electrons. The van der Waals surface area contributed by atoms with Crippen molar-refractivity contribution in [3.05, 3.63) is 20.8 Å². The van der Waals surface area contributed by atoms with Crippen molar-refractivity contribution in [2.75, 3.05) is 6.61 Å². The molecule has 1 amide bonds. The van der Waals surface area contributed by atoms with E-state index in [2.05, 4.69) is 0 Å². The van der Waals surface area contributed by atoms with Crippen molar-refractivity contribution in [2.45, 2.75) is 62.1 Å². The minimum atomic E-state index is -0.438. The molecule has 6 nitrogen and oxygen atoms in total. The first-order chi connectivity index (χ1) is 12.0. The molecule has 4 rings (SSSR count). The molecule has 1 aliphatic carbocycles. The van der Waals surface area contributed by atoms with Gasteiger partial charge >= 0.3 is 0 Å². The number of ether oxygens (including phenoxy) is 1. The normalized spacial score (nSPS) is 20.9. The highest BCUT2D eigenvalue weighted by atomic mass is 32.2. The summed E-state index contributed by atoms with van der Waals surface area (Å²) in [5.74, 6) is -0.406. The molecule has 2 aliphatic rings. The second-order valence-electron chi connectivity index (χ2n) is 6.65. The zero-order valence-corrected chi connectivity index (χ0v) is 15.8. The third-order valence-electron chi connectivity index (χ3n) is 4.88. The number of thioether (sulfide) groups is 1. The van der Waals surface area contributed by atoms with Gasteiger partial charge in [-0.05, 0) is 44.6 Å². The summed E-state index contributed by atoms with van der Waals surface area (Å²) >= 11 is 2.88. The van der Waals surface area contributed by atoms with Gasteiger partial charge in [-0.3, -0.25) is 14.2 Å². The first-order valence-electron chi connectivity index (χ1n) is 8.67. The number of rotatable bonds is 5. The van der Waals surface area contributed by atoms with Gasteiger partial charge in [-0.1, -0.05) is 11.8 Å². The van der Waals surface area contributed by atoms with Crippen molar-refractivity contribution in [3.8, 4) is 0 Å². The lowest BCUT2D eigenvalue weighted by Gasteiger charge is -2.17. The predicted molar refractivity (Wildman–Crippen MR) is 99.4 cm³/mol. The zero-order chi connectivity index (χ0) is 17.6. The Kier molecular flexibility index (Phi) is 4.59. The first-order valence-corrected chi connectivity index (χ1v) is 10.4. The van der Waals surface area contributed by atoms with Crippen LogP contribution in [-0.2, 0) is 28.9 Å². The average Bonchev–Trinajstić information content (AvgIpc) is 3.27. The largest absolute Gasteiger partial charge is 0.376 e. The number of fused-ring (bicyclic) bond motifs is 3. The van der Waals surface area contributed by atoms with Crippen LogP contribution in [-0.4, -0.2) is 33.4 Å². The van der Waals surface area contributed by atoms with Gasteiger partial charge in [0.05, 0.1) is 23.3 Å². The van der Waals surface area contributed by atoms with E-state index in [0.29, 0.717) is 11.7 Å². The van der Waals surface area contributed by atoms with Crippen molar-refractivity contribution in [1.29, 1.82) is 0 Å². The highest BCUT2D eigenvalue weighted by Crippen LogP contribution is 2.36. The quantitative estimate of drug-likeness (QED) is 0.635. The summed E-state index contributed by atoms with van der Waals surface area (Å²) in [5, 5.41) is 0.901. The molecule has 8 heteroatoms. The Labute approximate surface area is 153 Å². The number of hydrogen-bond donors (Lipinski definition) is 1. The van der Waals surface area contributed by atoms with E-state index in [9.17, 15) is 9.59 Å². The van der Waals surface area contributed by atoms with Gasteiger partial charge in [0.25, 0.3) is 5.56 Å². The Bertz CT molecular complexity index is 883. The van der Waals surface area contributed by atoms with Crippen LogP contribution in [0.15, 0.2) is 9.95 Å². The van der Waals surface area contributed by atoms with E-state index in [0.717, 1.165) is 48.9 Å². The van der Waals surface area contributed by atoms with E-state index in [1.807, 2.05) is 0 Å². The maximum atomic E-state index is 13.3. The number of aromatic nitrogens is 2. The van der Waals surface area contributed by atoms with Gasteiger partial charge in [-0.15, -0.1) is 11.3 Å². The van der Waals surface area contributed by atoms with Crippen molar-refractivity contribution in [2.24, 2.45) is 5.73 Å². The third kappa shape index (κ3) is 3.11. The summed E-state index contributed by atoms with van der Waals surface area (Å²) < 4.78 is 7.42. The molecule has 1 fully saturated rings. The highest BCUT2D eigenvalue weighted by Gasteiger charge is 2.26. The molecular weight excluding hydrogens is 358 g/mol. The van der Waals surface area contributed by atoms with Crippen LogP contribution < -0.4 is 11.3 Å². The van der Waals surface area contributed by atoms with Crippen LogP contribution in [0.5, 0.6) is 0 Å². The molecule has 3 heterocycles. The van der Waals surface area contributed by atoms with Crippen LogP contribution in [0.25, 0.3) is 10.2 Å². The smallest absolute Gasteiger partial charge is 0.263 e. The Morgan fingerprint density at radius 3 is 3.04 bits per heavy atom. The highest BCUT2D eigenvalue weighted by molar-refractivity contribution is 8.00. The van der Waals surface area contributed by atoms with Crippen molar-refractivity contribution < 1.29 is 9.53 Å². The number of carbonyl (C=O) groups is 1. The molecule has 2 N–H and O–H groups in total. The van der Waals surface area contributed by atoms with Gasteiger partial charge in [-0.25, -0.2) is 4.98 Å². The van der Waals surface area contributed by atoms with Gasteiger partial charge in [0, 0.05) is 11.5 Å². The maximum Gasteiger partial charge on any atom is 0.263 e. The molecule has 0 unspecified atom stereocenters. The van der Waals surface area contributed by atoms with E-state index in [1.165, 1.54) is 22.2 Å². The monoisotopic (exact) mass is 379 g/mol. The van der Waals surface area contributed by atoms with Crippen molar-refractivity contribution in [1.82, 2.24) is 9.55 Å². The molecule has 25 heavy (non-hydrogen) atoms. The van der Waals surface area contributed by atoms with E-state index in [1.54, 1.807) is 22.8 Å². The van der Waals surface area contributed by atoms with E-state index in [4.69, 9.17) is 15.5 Å². The second kappa shape index (κ2) is 6.74. The molecule has 2 aromatic heterocycles. The topological polar surface area (TPSA) is 87.2 Å². The molecule has 2 atom stereocenters. The molecule has 0 bridgehead atoms. The fraction of sp³-hybridized carbons (Fsp3) is 0.588. The number of thiophene rings is 1. The number of nitrogens with zero attached hydrogens (tertiary/aromatic N) is 2. The van der Waals surface area contributed by atoms with E-state index < -0.39 is 11.2 Å². The minimum Gasteiger partial charge on any atom is -0.376 e. The standard InChI is InChI=1S/C17H21N3O3S2/c1-9(14(18)21)24-17-19-15-13(11-5-2-6-12(11)25-15)16(22)20(17)8-10-4-3-7-23-10/h9-10H,2-8H2,1H3,(H2,18,21)/t9-,10+/m0/s1. The third-order valence-corrected chi connectivity index (χ3v) is 7.18. The average molecular weight is 380 g/mol. The molecule has 0 saturated carbocycles. The van der Waals surface area contributed by atoms with Crippen LogP contribution in [0, 0.1) is 0 Å². The summed E-state index contributed by atoms with van der Waals surface area (Å²) in [4.78, 5) is 31.6. The second-order valence-corrected chi connectivity index (χ2v) is 9.04.